The molecule has 1 aliphatic rings. The van der Waals surface area contributed by atoms with Crippen molar-refractivity contribution in [3.8, 4) is 11.5 Å². The molecule has 6 heteroatoms. The summed E-state index contributed by atoms with van der Waals surface area (Å²) in [5, 5.41) is 1.87. The number of rotatable bonds is 3. The van der Waals surface area contributed by atoms with Gasteiger partial charge in [-0.2, -0.15) is 0 Å². The molecule has 4 nitrogen and oxygen atoms in total. The second-order valence-electron chi connectivity index (χ2n) is 5.24. The Morgan fingerprint density at radius 2 is 1.81 bits per heavy atom. The Labute approximate surface area is 140 Å². The van der Waals surface area contributed by atoms with E-state index in [9.17, 15) is 0 Å². The Morgan fingerprint density at radius 1 is 1.14 bits per heavy atom. The molecule has 0 saturated carbocycles. The number of nitrogens with zero attached hydrogens (tertiary/aromatic N) is 2. The van der Waals surface area contributed by atoms with Crippen LogP contribution in [-0.4, -0.2) is 37.2 Å². The zero-order valence-electron chi connectivity index (χ0n) is 11.9. The lowest BCUT2D eigenvalue weighted by atomic mass is 10.0. The van der Waals surface area contributed by atoms with Gasteiger partial charge in [-0.1, -0.05) is 15.9 Å². The van der Waals surface area contributed by atoms with Gasteiger partial charge in [0, 0.05) is 28.9 Å². The second-order valence-corrected chi connectivity index (χ2v) is 6.56. The summed E-state index contributed by atoms with van der Waals surface area (Å²) in [6.07, 6.45) is 0. The predicted octanol–water partition coefficient (Wildman–Crippen LogP) is 3.73. The van der Waals surface area contributed by atoms with Crippen molar-refractivity contribution >= 4 is 42.8 Å². The van der Waals surface area contributed by atoms with E-state index < -0.39 is 0 Å². The quantitative estimate of drug-likeness (QED) is 0.565. The number of hydrogen-bond donors (Lipinski definition) is 0. The van der Waals surface area contributed by atoms with Crippen LogP contribution < -0.4 is 9.47 Å². The van der Waals surface area contributed by atoms with Crippen LogP contribution in [0, 0.1) is 0 Å². The molecule has 0 bridgehead atoms. The molecule has 0 fully saturated rings. The van der Waals surface area contributed by atoms with Crippen LogP contribution in [0.25, 0.3) is 10.9 Å². The first-order chi connectivity index (χ1) is 10.1. The van der Waals surface area contributed by atoms with Gasteiger partial charge in [0.25, 0.3) is 0 Å². The first-order valence-corrected chi connectivity index (χ1v) is 8.63. The molecule has 0 unspecified atom stereocenters. The SMILES string of the molecule is CN(C)Cc1c(CBr)c(Br)nc2cc3c(cc12)OCCO3. The molecule has 0 aliphatic carbocycles. The van der Waals surface area contributed by atoms with E-state index in [0.717, 1.165) is 38.9 Å². The lowest BCUT2D eigenvalue weighted by Crippen LogP contribution is -2.16. The Kier molecular flexibility index (Phi) is 4.38. The van der Waals surface area contributed by atoms with Crippen LogP contribution in [0.5, 0.6) is 11.5 Å². The number of ether oxygens (including phenoxy) is 2. The van der Waals surface area contributed by atoms with E-state index in [1.54, 1.807) is 0 Å². The molecular formula is C15H16Br2N2O2. The van der Waals surface area contributed by atoms with E-state index in [2.05, 4.69) is 55.8 Å². The van der Waals surface area contributed by atoms with Crippen LogP contribution in [0.15, 0.2) is 16.7 Å². The van der Waals surface area contributed by atoms with E-state index in [4.69, 9.17) is 9.47 Å². The van der Waals surface area contributed by atoms with Gasteiger partial charge in [-0.05, 0) is 41.7 Å². The van der Waals surface area contributed by atoms with Gasteiger partial charge in [0.1, 0.15) is 17.8 Å². The molecule has 0 amide bonds. The molecule has 1 aromatic carbocycles. The number of hydrogen-bond acceptors (Lipinski definition) is 4. The van der Waals surface area contributed by atoms with Gasteiger partial charge in [0.05, 0.1) is 5.52 Å². The van der Waals surface area contributed by atoms with Crippen molar-refractivity contribution < 1.29 is 9.47 Å². The highest BCUT2D eigenvalue weighted by atomic mass is 79.9. The second kappa shape index (κ2) is 6.10. The summed E-state index contributed by atoms with van der Waals surface area (Å²) < 4.78 is 12.2. The third-order valence-corrected chi connectivity index (χ3v) is 4.64. The normalized spacial score (nSPS) is 14.0. The first kappa shape index (κ1) is 15.1. The molecule has 112 valence electrons. The number of pyridine rings is 1. The first-order valence-electron chi connectivity index (χ1n) is 6.71. The van der Waals surface area contributed by atoms with Crippen LogP contribution in [0.1, 0.15) is 11.1 Å². The topological polar surface area (TPSA) is 34.6 Å². The van der Waals surface area contributed by atoms with Crippen LogP contribution in [0.2, 0.25) is 0 Å². The molecule has 1 aliphatic heterocycles. The molecule has 1 aromatic heterocycles. The van der Waals surface area contributed by atoms with Crippen LogP contribution in [0.3, 0.4) is 0 Å². The minimum Gasteiger partial charge on any atom is -0.486 e. The van der Waals surface area contributed by atoms with Gasteiger partial charge in [0.2, 0.25) is 0 Å². The van der Waals surface area contributed by atoms with E-state index >= 15 is 0 Å². The standard InChI is InChI=1S/C15H16Br2N2O2/c1-19(2)8-11-9-5-13-14(21-4-3-20-13)6-12(9)18-15(17)10(11)7-16/h5-6H,3-4,7-8H2,1-2H3. The van der Waals surface area contributed by atoms with E-state index in [0.29, 0.717) is 13.2 Å². The molecule has 0 radical (unpaired) electrons. The molecular weight excluding hydrogens is 400 g/mol. The third-order valence-electron chi connectivity index (χ3n) is 3.43. The summed E-state index contributed by atoms with van der Waals surface area (Å²) in [6.45, 7) is 2.03. The summed E-state index contributed by atoms with van der Waals surface area (Å²) in [6, 6.07) is 4.01. The highest BCUT2D eigenvalue weighted by Crippen LogP contribution is 2.38. The van der Waals surface area contributed by atoms with Gasteiger partial charge in [-0.3, -0.25) is 0 Å². The van der Waals surface area contributed by atoms with Gasteiger partial charge >= 0.3 is 0 Å². The van der Waals surface area contributed by atoms with Crippen molar-refractivity contribution in [2.45, 2.75) is 11.9 Å². The van der Waals surface area contributed by atoms with Gasteiger partial charge in [-0.25, -0.2) is 4.98 Å². The zero-order valence-corrected chi connectivity index (χ0v) is 15.1. The van der Waals surface area contributed by atoms with Gasteiger partial charge in [0.15, 0.2) is 11.5 Å². The minimum absolute atomic E-state index is 0.587. The summed E-state index contributed by atoms with van der Waals surface area (Å²) in [4.78, 5) is 6.81. The van der Waals surface area contributed by atoms with E-state index in [-0.39, 0.29) is 0 Å². The fourth-order valence-corrected chi connectivity index (χ4v) is 4.06. The van der Waals surface area contributed by atoms with Crippen LogP contribution >= 0.6 is 31.9 Å². The van der Waals surface area contributed by atoms with E-state index in [1.165, 1.54) is 11.1 Å². The monoisotopic (exact) mass is 414 g/mol. The fourth-order valence-electron chi connectivity index (χ4n) is 2.51. The number of alkyl halides is 1. The molecule has 0 atom stereocenters. The summed E-state index contributed by atoms with van der Waals surface area (Å²) in [7, 11) is 4.13. The van der Waals surface area contributed by atoms with Crippen molar-refractivity contribution in [1.29, 1.82) is 0 Å². The molecule has 2 aromatic rings. The minimum atomic E-state index is 0.587. The Bertz CT molecular complexity index is 689. The molecule has 21 heavy (non-hydrogen) atoms. The zero-order chi connectivity index (χ0) is 15.0. The molecule has 0 N–H and O–H groups in total. The molecule has 3 rings (SSSR count). The fraction of sp³-hybridized carbons (Fsp3) is 0.400. The maximum Gasteiger partial charge on any atom is 0.163 e. The largest absolute Gasteiger partial charge is 0.486 e. The average Bonchev–Trinajstić information content (AvgIpc) is 2.45. The average molecular weight is 416 g/mol. The Hall–Kier alpha value is -0.850. The lowest BCUT2D eigenvalue weighted by Gasteiger charge is -2.21. The molecule has 0 spiro atoms. The lowest BCUT2D eigenvalue weighted by molar-refractivity contribution is 0.172. The predicted molar refractivity (Wildman–Crippen MR) is 90.5 cm³/mol. The highest BCUT2D eigenvalue weighted by Gasteiger charge is 2.18. The third kappa shape index (κ3) is 2.89. The number of fused-ring (bicyclic) bond motifs is 2. The highest BCUT2D eigenvalue weighted by molar-refractivity contribution is 9.10. The van der Waals surface area contributed by atoms with Crippen LogP contribution in [0.4, 0.5) is 0 Å². The van der Waals surface area contributed by atoms with Crippen molar-refractivity contribution in [2.24, 2.45) is 0 Å². The molecule has 2 heterocycles. The van der Waals surface area contributed by atoms with Crippen molar-refractivity contribution in [2.75, 3.05) is 27.3 Å². The Morgan fingerprint density at radius 3 is 2.43 bits per heavy atom. The number of aromatic nitrogens is 1. The van der Waals surface area contributed by atoms with Crippen molar-refractivity contribution in [3.05, 3.63) is 27.9 Å². The van der Waals surface area contributed by atoms with Crippen molar-refractivity contribution in [1.82, 2.24) is 9.88 Å². The van der Waals surface area contributed by atoms with Crippen LogP contribution in [-0.2, 0) is 11.9 Å². The Balaban J connectivity index is 2.27. The maximum atomic E-state index is 5.71. The van der Waals surface area contributed by atoms with Gasteiger partial charge in [-0.15, -0.1) is 0 Å². The van der Waals surface area contributed by atoms with E-state index in [1.807, 2.05) is 12.1 Å². The summed E-state index contributed by atoms with van der Waals surface area (Å²) >= 11 is 7.15. The van der Waals surface area contributed by atoms with Gasteiger partial charge < -0.3 is 14.4 Å². The summed E-state index contributed by atoms with van der Waals surface area (Å²) in [5.41, 5.74) is 3.35. The van der Waals surface area contributed by atoms with Crippen molar-refractivity contribution in [3.63, 3.8) is 0 Å². The molecule has 0 saturated heterocycles. The smallest absolute Gasteiger partial charge is 0.163 e. The summed E-state index contributed by atoms with van der Waals surface area (Å²) in [5.74, 6) is 1.58. The number of benzene rings is 1. The maximum absolute atomic E-state index is 5.71. The number of halogens is 2.